The van der Waals surface area contributed by atoms with E-state index >= 15 is 0 Å². The summed E-state index contributed by atoms with van der Waals surface area (Å²) in [4.78, 5) is 12.5. The molecule has 2 rings (SSSR count). The van der Waals surface area contributed by atoms with Crippen molar-refractivity contribution in [2.45, 2.75) is 30.2 Å². The summed E-state index contributed by atoms with van der Waals surface area (Å²) >= 11 is 1.89. The second-order valence-electron chi connectivity index (χ2n) is 4.20. The van der Waals surface area contributed by atoms with Gasteiger partial charge in [-0.05, 0) is 35.8 Å². The van der Waals surface area contributed by atoms with E-state index in [1.165, 1.54) is 22.6 Å². The Labute approximate surface area is 105 Å². The number of benzene rings is 1. The van der Waals surface area contributed by atoms with E-state index in [0.29, 0.717) is 0 Å². The van der Waals surface area contributed by atoms with Crippen LogP contribution in [0.15, 0.2) is 23.1 Å². The number of carbonyl (C=O) groups is 1. The van der Waals surface area contributed by atoms with Crippen LogP contribution in [0.5, 0.6) is 0 Å². The smallest absolute Gasteiger partial charge is 0.235 e. The Morgan fingerprint density at radius 3 is 3.12 bits per heavy atom. The van der Waals surface area contributed by atoms with Crippen molar-refractivity contribution in [2.75, 3.05) is 5.75 Å². The second-order valence-corrected chi connectivity index (χ2v) is 5.33. The van der Waals surface area contributed by atoms with Gasteiger partial charge < -0.3 is 5.73 Å². The maximum atomic E-state index is 11.2. The molecule has 1 unspecified atom stereocenters. The molecular formula is C12H17N3OS. The highest BCUT2D eigenvalue weighted by Gasteiger charge is 2.15. The molecule has 1 aromatic rings. The fourth-order valence-electron chi connectivity index (χ4n) is 1.99. The van der Waals surface area contributed by atoms with Crippen LogP contribution in [-0.4, -0.2) is 11.7 Å². The van der Waals surface area contributed by atoms with Gasteiger partial charge in [0, 0.05) is 17.4 Å². The van der Waals surface area contributed by atoms with E-state index in [1.54, 1.807) is 0 Å². The third-order valence-corrected chi connectivity index (χ3v) is 4.13. The predicted molar refractivity (Wildman–Crippen MR) is 69.4 cm³/mol. The van der Waals surface area contributed by atoms with E-state index in [4.69, 9.17) is 11.6 Å². The van der Waals surface area contributed by atoms with Gasteiger partial charge in [0.25, 0.3) is 0 Å². The normalized spacial score (nSPS) is 16.1. The molecule has 0 bridgehead atoms. The van der Waals surface area contributed by atoms with Gasteiger partial charge in [-0.2, -0.15) is 0 Å². The van der Waals surface area contributed by atoms with Gasteiger partial charge in [-0.3, -0.25) is 10.2 Å². The molecule has 0 aliphatic carbocycles. The van der Waals surface area contributed by atoms with Crippen molar-refractivity contribution in [3.05, 3.63) is 29.3 Å². The van der Waals surface area contributed by atoms with Crippen LogP contribution >= 0.6 is 11.8 Å². The molecule has 17 heavy (non-hydrogen) atoms. The van der Waals surface area contributed by atoms with Crippen LogP contribution < -0.4 is 17.0 Å². The zero-order valence-electron chi connectivity index (χ0n) is 9.61. The summed E-state index contributed by atoms with van der Waals surface area (Å²) in [7, 11) is 0. The monoisotopic (exact) mass is 251 g/mol. The number of rotatable bonds is 3. The largest absolute Gasteiger partial charge is 0.324 e. The standard InChI is InChI=1S/C12H17N3OS/c13-10(7-12(16)15-14)8-3-4-11-9(6-8)2-1-5-17-11/h3-4,6,10H,1-2,5,7,13-14H2,(H,15,16). The third-order valence-electron chi connectivity index (χ3n) is 2.93. The van der Waals surface area contributed by atoms with Gasteiger partial charge >= 0.3 is 0 Å². The van der Waals surface area contributed by atoms with Crippen molar-refractivity contribution in [1.29, 1.82) is 0 Å². The zero-order valence-corrected chi connectivity index (χ0v) is 10.4. The Balaban J connectivity index is 2.13. The zero-order chi connectivity index (χ0) is 12.3. The first-order valence-electron chi connectivity index (χ1n) is 5.71. The maximum Gasteiger partial charge on any atom is 0.235 e. The van der Waals surface area contributed by atoms with Gasteiger partial charge in [0.1, 0.15) is 0 Å². The molecule has 0 aromatic heterocycles. The van der Waals surface area contributed by atoms with Crippen LogP contribution in [0, 0.1) is 0 Å². The Hall–Kier alpha value is -1.04. The number of hydrazine groups is 1. The average Bonchev–Trinajstić information content (AvgIpc) is 2.38. The summed E-state index contributed by atoms with van der Waals surface area (Å²) < 4.78 is 0. The first kappa shape index (κ1) is 12.4. The number of fused-ring (bicyclic) bond motifs is 1. The van der Waals surface area contributed by atoms with Crippen LogP contribution in [-0.2, 0) is 11.2 Å². The number of thioether (sulfide) groups is 1. The summed E-state index contributed by atoms with van der Waals surface area (Å²) in [6.07, 6.45) is 2.54. The van der Waals surface area contributed by atoms with E-state index in [9.17, 15) is 4.79 Å². The molecule has 4 nitrogen and oxygen atoms in total. The molecule has 1 aliphatic rings. The van der Waals surface area contributed by atoms with E-state index in [1.807, 2.05) is 17.8 Å². The highest BCUT2D eigenvalue weighted by molar-refractivity contribution is 7.99. The average molecular weight is 251 g/mol. The maximum absolute atomic E-state index is 11.2. The van der Waals surface area contributed by atoms with Gasteiger partial charge in [-0.25, -0.2) is 5.84 Å². The van der Waals surface area contributed by atoms with Gasteiger partial charge in [0.2, 0.25) is 5.91 Å². The van der Waals surface area contributed by atoms with Gasteiger partial charge in [0.05, 0.1) is 0 Å². The molecule has 1 aromatic carbocycles. The molecule has 1 aliphatic heterocycles. The quantitative estimate of drug-likeness (QED) is 0.427. The third kappa shape index (κ3) is 3.00. The first-order valence-corrected chi connectivity index (χ1v) is 6.70. The van der Waals surface area contributed by atoms with Crippen molar-refractivity contribution in [1.82, 2.24) is 5.43 Å². The minimum absolute atomic E-state index is 0.225. The molecule has 5 N–H and O–H groups in total. The predicted octanol–water partition coefficient (Wildman–Crippen LogP) is 1.10. The molecule has 0 spiro atoms. The molecule has 0 fully saturated rings. The minimum Gasteiger partial charge on any atom is -0.324 e. The van der Waals surface area contributed by atoms with E-state index in [2.05, 4.69) is 17.6 Å². The van der Waals surface area contributed by atoms with Crippen LogP contribution in [0.25, 0.3) is 0 Å². The summed E-state index contributed by atoms with van der Waals surface area (Å²) in [5.41, 5.74) is 10.4. The van der Waals surface area contributed by atoms with Crippen molar-refractivity contribution < 1.29 is 4.79 Å². The fourth-order valence-corrected chi connectivity index (χ4v) is 3.01. The molecule has 0 saturated heterocycles. The molecule has 92 valence electrons. The van der Waals surface area contributed by atoms with Crippen molar-refractivity contribution >= 4 is 17.7 Å². The Morgan fingerprint density at radius 2 is 2.35 bits per heavy atom. The number of nitrogens with one attached hydrogen (secondary N) is 1. The number of amides is 1. The summed E-state index contributed by atoms with van der Waals surface area (Å²) in [5.74, 6) is 6.01. The van der Waals surface area contributed by atoms with E-state index in [-0.39, 0.29) is 18.4 Å². The Morgan fingerprint density at radius 1 is 1.53 bits per heavy atom. The lowest BCUT2D eigenvalue weighted by atomic mass is 10.00. The molecular weight excluding hydrogens is 234 g/mol. The van der Waals surface area contributed by atoms with Crippen LogP contribution in [0.1, 0.15) is 30.0 Å². The lowest BCUT2D eigenvalue weighted by Crippen LogP contribution is -2.32. The first-order chi connectivity index (χ1) is 8.20. The number of nitrogens with two attached hydrogens (primary N) is 2. The van der Waals surface area contributed by atoms with Crippen molar-refractivity contribution in [3.63, 3.8) is 0 Å². The number of carbonyl (C=O) groups excluding carboxylic acids is 1. The van der Waals surface area contributed by atoms with E-state index < -0.39 is 0 Å². The molecule has 0 radical (unpaired) electrons. The van der Waals surface area contributed by atoms with Crippen molar-refractivity contribution in [2.24, 2.45) is 11.6 Å². The van der Waals surface area contributed by atoms with Gasteiger partial charge in [-0.15, -0.1) is 11.8 Å². The summed E-state index contributed by atoms with van der Waals surface area (Å²) in [6.45, 7) is 0. The molecule has 1 atom stereocenters. The van der Waals surface area contributed by atoms with Crippen LogP contribution in [0.4, 0.5) is 0 Å². The topological polar surface area (TPSA) is 81.1 Å². The van der Waals surface area contributed by atoms with Crippen LogP contribution in [0.2, 0.25) is 0 Å². The molecule has 5 heteroatoms. The van der Waals surface area contributed by atoms with Gasteiger partial charge in [0.15, 0.2) is 0 Å². The minimum atomic E-state index is -0.282. The number of hydrogen-bond donors (Lipinski definition) is 3. The highest BCUT2D eigenvalue weighted by Crippen LogP contribution is 2.31. The van der Waals surface area contributed by atoms with Crippen LogP contribution in [0.3, 0.4) is 0 Å². The van der Waals surface area contributed by atoms with Gasteiger partial charge in [-0.1, -0.05) is 12.1 Å². The van der Waals surface area contributed by atoms with Crippen molar-refractivity contribution in [3.8, 4) is 0 Å². The molecule has 1 amide bonds. The highest BCUT2D eigenvalue weighted by atomic mass is 32.2. The summed E-state index contributed by atoms with van der Waals surface area (Å²) in [6, 6.07) is 5.95. The Kier molecular flexibility index (Phi) is 4.04. The molecule has 1 heterocycles. The second kappa shape index (κ2) is 5.53. The number of aryl methyl sites for hydroxylation is 1. The summed E-state index contributed by atoms with van der Waals surface area (Å²) in [5, 5.41) is 0. The fraction of sp³-hybridized carbons (Fsp3) is 0.417. The number of hydrogen-bond acceptors (Lipinski definition) is 4. The lowest BCUT2D eigenvalue weighted by molar-refractivity contribution is -0.121. The van der Waals surface area contributed by atoms with E-state index in [0.717, 1.165) is 12.0 Å². The Bertz CT molecular complexity index is 422. The molecule has 0 saturated carbocycles. The SMILES string of the molecule is NNC(=O)CC(N)c1ccc2c(c1)CCCS2. The lowest BCUT2D eigenvalue weighted by Gasteiger charge is -2.18.